The molecule has 0 amide bonds. The molecule has 2 atom stereocenters. The number of aromatic nitrogens is 3. The van der Waals surface area contributed by atoms with Crippen LogP contribution in [-0.2, 0) is 16.9 Å². The quantitative estimate of drug-likeness (QED) is 0.357. The lowest BCUT2D eigenvalue weighted by Gasteiger charge is -2.15. The number of benzene rings is 2. The molecule has 2 heterocycles. The Bertz CT molecular complexity index is 1050. The SMILES string of the molecule is N#CSc1ncn(CC2(c3ccc(F)cc3F)OC2c2ccccc2Cl)n1. The van der Waals surface area contributed by atoms with Crippen LogP contribution in [0.15, 0.2) is 53.9 Å². The number of nitriles is 1. The highest BCUT2D eigenvalue weighted by Crippen LogP contribution is 2.59. The molecule has 1 fully saturated rings. The van der Waals surface area contributed by atoms with Crippen LogP contribution >= 0.6 is 23.4 Å². The first-order valence-corrected chi connectivity index (χ1v) is 9.06. The van der Waals surface area contributed by atoms with E-state index in [1.165, 1.54) is 23.1 Å². The monoisotopic (exact) mass is 404 g/mol. The molecule has 0 bridgehead atoms. The molecular formula is C18H11ClF2N4OS. The van der Waals surface area contributed by atoms with Gasteiger partial charge in [0.25, 0.3) is 0 Å². The van der Waals surface area contributed by atoms with Gasteiger partial charge < -0.3 is 4.74 Å². The highest BCUT2D eigenvalue weighted by atomic mass is 35.5. The Morgan fingerprint density at radius 2 is 2.11 bits per heavy atom. The third-order valence-corrected chi connectivity index (χ3v) is 5.12. The average Bonchev–Trinajstić information content (AvgIpc) is 3.16. The zero-order valence-electron chi connectivity index (χ0n) is 13.6. The van der Waals surface area contributed by atoms with Crippen LogP contribution in [0.1, 0.15) is 17.2 Å². The molecule has 0 N–H and O–H groups in total. The molecule has 2 aromatic carbocycles. The number of hydrogen-bond donors (Lipinski definition) is 0. The summed E-state index contributed by atoms with van der Waals surface area (Å²) >= 11 is 7.10. The Morgan fingerprint density at radius 3 is 2.85 bits per heavy atom. The van der Waals surface area contributed by atoms with Gasteiger partial charge in [-0.3, -0.25) is 0 Å². The lowest BCUT2D eigenvalue weighted by molar-refractivity contribution is 0.256. The van der Waals surface area contributed by atoms with Crippen molar-refractivity contribution in [3.8, 4) is 5.40 Å². The van der Waals surface area contributed by atoms with E-state index < -0.39 is 23.3 Å². The minimum Gasteiger partial charge on any atom is -0.354 e. The number of nitrogens with zero attached hydrogens (tertiary/aromatic N) is 4. The minimum atomic E-state index is -1.11. The Kier molecular flexibility index (Phi) is 4.60. The van der Waals surface area contributed by atoms with Crippen molar-refractivity contribution in [3.63, 3.8) is 0 Å². The van der Waals surface area contributed by atoms with E-state index >= 15 is 0 Å². The summed E-state index contributed by atoms with van der Waals surface area (Å²) in [6.45, 7) is 0.129. The average molecular weight is 405 g/mol. The van der Waals surface area contributed by atoms with Gasteiger partial charge >= 0.3 is 0 Å². The summed E-state index contributed by atoms with van der Waals surface area (Å²) in [6, 6.07) is 10.5. The molecule has 4 rings (SSSR count). The smallest absolute Gasteiger partial charge is 0.222 e. The van der Waals surface area contributed by atoms with Crippen LogP contribution in [0, 0.1) is 22.3 Å². The summed E-state index contributed by atoms with van der Waals surface area (Å²) in [5.41, 5.74) is -0.196. The molecule has 27 heavy (non-hydrogen) atoms. The number of ether oxygens (including phenoxy) is 1. The molecule has 136 valence electrons. The van der Waals surface area contributed by atoms with Crippen molar-refractivity contribution >= 4 is 23.4 Å². The van der Waals surface area contributed by atoms with Crippen molar-refractivity contribution in [2.75, 3.05) is 0 Å². The first-order valence-electron chi connectivity index (χ1n) is 7.86. The van der Waals surface area contributed by atoms with E-state index in [2.05, 4.69) is 10.1 Å². The van der Waals surface area contributed by atoms with Gasteiger partial charge in [0, 0.05) is 34.0 Å². The topological polar surface area (TPSA) is 67.0 Å². The van der Waals surface area contributed by atoms with Crippen LogP contribution in [0.2, 0.25) is 5.02 Å². The molecular weight excluding hydrogens is 394 g/mol. The molecule has 2 unspecified atom stereocenters. The van der Waals surface area contributed by atoms with Gasteiger partial charge in [0.2, 0.25) is 5.16 Å². The third-order valence-electron chi connectivity index (χ3n) is 4.32. The number of thiocyanates is 1. The number of hydrogen-bond acceptors (Lipinski definition) is 5. The number of epoxide rings is 1. The Hall–Kier alpha value is -2.47. The van der Waals surface area contributed by atoms with Crippen molar-refractivity contribution in [2.24, 2.45) is 0 Å². The van der Waals surface area contributed by atoms with Gasteiger partial charge in [-0.2, -0.15) is 5.26 Å². The molecule has 1 aliphatic rings. The molecule has 0 aliphatic carbocycles. The molecule has 1 aliphatic heterocycles. The molecule has 3 aromatic rings. The van der Waals surface area contributed by atoms with Crippen molar-refractivity contribution in [3.05, 3.63) is 76.6 Å². The fourth-order valence-corrected chi connectivity index (χ4v) is 3.67. The Morgan fingerprint density at radius 1 is 1.30 bits per heavy atom. The molecule has 1 saturated heterocycles. The number of halogens is 3. The van der Waals surface area contributed by atoms with Gasteiger partial charge in [0.05, 0.1) is 6.54 Å². The zero-order chi connectivity index (χ0) is 19.0. The Balaban J connectivity index is 1.75. The maximum Gasteiger partial charge on any atom is 0.222 e. The third kappa shape index (κ3) is 3.30. The Labute approximate surface area is 162 Å². The van der Waals surface area contributed by atoms with Gasteiger partial charge in [-0.05, 0) is 12.1 Å². The van der Waals surface area contributed by atoms with Gasteiger partial charge in [0.15, 0.2) is 0 Å². The van der Waals surface area contributed by atoms with E-state index in [0.717, 1.165) is 17.8 Å². The summed E-state index contributed by atoms with van der Waals surface area (Å²) in [4.78, 5) is 4.02. The second kappa shape index (κ2) is 6.93. The summed E-state index contributed by atoms with van der Waals surface area (Å²) in [6.07, 6.45) is 0.913. The molecule has 0 spiro atoms. The first-order chi connectivity index (χ1) is 13.0. The van der Waals surface area contributed by atoms with Crippen LogP contribution in [0.25, 0.3) is 0 Å². The molecule has 0 saturated carbocycles. The van der Waals surface area contributed by atoms with Gasteiger partial charge in [-0.15, -0.1) is 5.10 Å². The van der Waals surface area contributed by atoms with Crippen LogP contribution in [-0.4, -0.2) is 14.8 Å². The molecule has 0 radical (unpaired) electrons. The fourth-order valence-electron chi connectivity index (χ4n) is 3.10. The summed E-state index contributed by atoms with van der Waals surface area (Å²) in [5.74, 6) is -1.38. The maximum atomic E-state index is 14.6. The molecule has 1 aromatic heterocycles. The van der Waals surface area contributed by atoms with E-state index in [0.29, 0.717) is 10.6 Å². The number of rotatable bonds is 5. The predicted molar refractivity (Wildman–Crippen MR) is 94.8 cm³/mol. The van der Waals surface area contributed by atoms with Crippen molar-refractivity contribution in [1.82, 2.24) is 14.8 Å². The van der Waals surface area contributed by atoms with E-state index in [1.54, 1.807) is 18.2 Å². The van der Waals surface area contributed by atoms with Crippen LogP contribution < -0.4 is 0 Å². The van der Waals surface area contributed by atoms with Crippen molar-refractivity contribution in [1.29, 1.82) is 5.26 Å². The van der Waals surface area contributed by atoms with Crippen molar-refractivity contribution in [2.45, 2.75) is 23.4 Å². The van der Waals surface area contributed by atoms with E-state index in [1.807, 2.05) is 11.5 Å². The molecule has 5 nitrogen and oxygen atoms in total. The number of thioether (sulfide) groups is 1. The minimum absolute atomic E-state index is 0.129. The predicted octanol–water partition coefficient (Wildman–Crippen LogP) is 4.45. The van der Waals surface area contributed by atoms with Gasteiger partial charge in [0.1, 0.15) is 35.1 Å². The van der Waals surface area contributed by atoms with E-state index in [4.69, 9.17) is 21.6 Å². The lowest BCUT2D eigenvalue weighted by atomic mass is 9.91. The van der Waals surface area contributed by atoms with Gasteiger partial charge in [-0.25, -0.2) is 18.4 Å². The van der Waals surface area contributed by atoms with Gasteiger partial charge in [-0.1, -0.05) is 35.9 Å². The van der Waals surface area contributed by atoms with E-state index in [-0.39, 0.29) is 17.3 Å². The lowest BCUT2D eigenvalue weighted by Crippen LogP contribution is -2.21. The van der Waals surface area contributed by atoms with Crippen molar-refractivity contribution < 1.29 is 13.5 Å². The van der Waals surface area contributed by atoms with Crippen LogP contribution in [0.4, 0.5) is 8.78 Å². The largest absolute Gasteiger partial charge is 0.354 e. The highest BCUT2D eigenvalue weighted by Gasteiger charge is 2.60. The second-order valence-corrected chi connectivity index (χ2v) is 7.11. The molecule has 9 heteroatoms. The standard InChI is InChI=1S/C18H11ClF2N4OS/c19-14-4-2-1-3-12(14)16-18(26-16,13-6-5-11(20)7-15(13)21)8-25-10-23-17(24-25)27-9-22/h1-7,10,16H,8H2. The van der Waals surface area contributed by atoms with E-state index in [9.17, 15) is 8.78 Å². The second-order valence-electron chi connectivity index (χ2n) is 5.95. The fraction of sp³-hybridized carbons (Fsp3) is 0.167. The summed E-state index contributed by atoms with van der Waals surface area (Å²) in [5, 5.41) is 15.6. The first kappa shape index (κ1) is 17.9. The van der Waals surface area contributed by atoms with Crippen LogP contribution in [0.3, 0.4) is 0 Å². The normalized spacial score (nSPS) is 21.0. The van der Waals surface area contributed by atoms with Crippen LogP contribution in [0.5, 0.6) is 0 Å². The maximum absolute atomic E-state index is 14.6. The summed E-state index contributed by atoms with van der Waals surface area (Å²) in [7, 11) is 0. The zero-order valence-corrected chi connectivity index (χ0v) is 15.2. The highest BCUT2D eigenvalue weighted by molar-refractivity contribution is 8.03. The summed E-state index contributed by atoms with van der Waals surface area (Å²) < 4.78 is 35.4.